The summed E-state index contributed by atoms with van der Waals surface area (Å²) in [5.41, 5.74) is -2.74. The molecule has 1 aliphatic rings. The SMILES string of the molecule is O=C(NC1(CCO)CCCCC1)c1n[nH]nc1C(F)(F)F. The summed E-state index contributed by atoms with van der Waals surface area (Å²) in [5.74, 6) is -0.911. The molecular weight excluding hydrogens is 289 g/mol. The number of aromatic nitrogens is 3. The summed E-state index contributed by atoms with van der Waals surface area (Å²) in [6.45, 7) is -0.134. The predicted molar refractivity (Wildman–Crippen MR) is 66.4 cm³/mol. The van der Waals surface area contributed by atoms with Crippen LogP contribution in [0.3, 0.4) is 0 Å². The molecule has 1 aliphatic carbocycles. The Hall–Kier alpha value is -1.64. The number of hydrogen-bond acceptors (Lipinski definition) is 4. The highest BCUT2D eigenvalue weighted by molar-refractivity contribution is 5.93. The number of amides is 1. The van der Waals surface area contributed by atoms with Crippen LogP contribution < -0.4 is 5.32 Å². The Kier molecular flexibility index (Phi) is 4.50. The van der Waals surface area contributed by atoms with Crippen molar-refractivity contribution in [2.75, 3.05) is 6.61 Å². The number of carbonyl (C=O) groups excluding carboxylic acids is 1. The van der Waals surface area contributed by atoms with Gasteiger partial charge in [0.2, 0.25) is 0 Å². The lowest BCUT2D eigenvalue weighted by molar-refractivity contribution is -0.141. The summed E-state index contributed by atoms with van der Waals surface area (Å²) in [6, 6.07) is 0. The second-order valence-electron chi connectivity index (χ2n) is 5.29. The molecule has 0 aromatic carbocycles. The summed E-state index contributed by atoms with van der Waals surface area (Å²) >= 11 is 0. The lowest BCUT2D eigenvalue weighted by atomic mass is 9.79. The first-order chi connectivity index (χ1) is 9.88. The van der Waals surface area contributed by atoms with E-state index in [1.165, 1.54) is 0 Å². The van der Waals surface area contributed by atoms with Gasteiger partial charge >= 0.3 is 6.18 Å². The van der Waals surface area contributed by atoms with E-state index in [1.807, 2.05) is 5.21 Å². The Labute approximate surface area is 119 Å². The van der Waals surface area contributed by atoms with Crippen molar-refractivity contribution < 1.29 is 23.1 Å². The van der Waals surface area contributed by atoms with Crippen LogP contribution in [0, 0.1) is 0 Å². The van der Waals surface area contributed by atoms with Crippen molar-refractivity contribution in [3.05, 3.63) is 11.4 Å². The van der Waals surface area contributed by atoms with E-state index in [1.54, 1.807) is 0 Å². The van der Waals surface area contributed by atoms with Crippen molar-refractivity contribution in [2.24, 2.45) is 0 Å². The molecule has 0 radical (unpaired) electrons. The van der Waals surface area contributed by atoms with E-state index in [0.29, 0.717) is 19.3 Å². The van der Waals surface area contributed by atoms with Crippen molar-refractivity contribution in [3.8, 4) is 0 Å². The molecule has 3 N–H and O–H groups in total. The maximum atomic E-state index is 12.7. The highest BCUT2D eigenvalue weighted by Gasteiger charge is 2.41. The first-order valence-corrected chi connectivity index (χ1v) is 6.79. The third kappa shape index (κ3) is 3.52. The van der Waals surface area contributed by atoms with Crippen LogP contribution in [-0.4, -0.2) is 38.6 Å². The molecule has 118 valence electrons. The normalized spacial score (nSPS) is 18.5. The van der Waals surface area contributed by atoms with E-state index < -0.39 is 29.0 Å². The number of aliphatic hydroxyl groups excluding tert-OH is 1. The third-order valence-corrected chi connectivity index (χ3v) is 3.81. The number of aliphatic hydroxyl groups is 1. The molecule has 1 amide bonds. The van der Waals surface area contributed by atoms with Crippen LogP contribution >= 0.6 is 0 Å². The smallest absolute Gasteiger partial charge is 0.396 e. The molecule has 0 unspecified atom stereocenters. The number of nitrogens with zero attached hydrogens (tertiary/aromatic N) is 2. The summed E-state index contributed by atoms with van der Waals surface area (Å²) in [5, 5.41) is 19.9. The van der Waals surface area contributed by atoms with Gasteiger partial charge in [-0.3, -0.25) is 4.79 Å². The average Bonchev–Trinajstić information content (AvgIpc) is 2.89. The number of carbonyl (C=O) groups is 1. The lowest BCUT2D eigenvalue weighted by Gasteiger charge is -2.37. The number of rotatable bonds is 4. The number of nitrogens with one attached hydrogen (secondary N) is 2. The second kappa shape index (κ2) is 6.00. The summed E-state index contributed by atoms with van der Waals surface area (Å²) < 4.78 is 38.2. The van der Waals surface area contributed by atoms with E-state index in [4.69, 9.17) is 5.11 Å². The fraction of sp³-hybridized carbons (Fsp3) is 0.750. The van der Waals surface area contributed by atoms with Crippen LogP contribution in [-0.2, 0) is 6.18 Å². The highest BCUT2D eigenvalue weighted by atomic mass is 19.4. The third-order valence-electron chi connectivity index (χ3n) is 3.81. The van der Waals surface area contributed by atoms with Crippen LogP contribution in [0.15, 0.2) is 0 Å². The zero-order chi connectivity index (χ0) is 15.5. The zero-order valence-corrected chi connectivity index (χ0v) is 11.3. The van der Waals surface area contributed by atoms with Gasteiger partial charge in [-0.1, -0.05) is 19.3 Å². The Morgan fingerprint density at radius 1 is 1.29 bits per heavy atom. The van der Waals surface area contributed by atoms with Gasteiger partial charge in [-0.15, -0.1) is 0 Å². The van der Waals surface area contributed by atoms with E-state index in [2.05, 4.69) is 15.5 Å². The first kappa shape index (κ1) is 15.7. The molecule has 1 aromatic heterocycles. The molecule has 0 saturated heterocycles. The number of aromatic amines is 1. The number of H-pyrrole nitrogens is 1. The van der Waals surface area contributed by atoms with Crippen molar-refractivity contribution in [1.29, 1.82) is 0 Å². The van der Waals surface area contributed by atoms with Crippen LogP contribution in [0.25, 0.3) is 0 Å². The number of hydrogen-bond donors (Lipinski definition) is 3. The van der Waals surface area contributed by atoms with Crippen LogP contribution in [0.4, 0.5) is 13.2 Å². The van der Waals surface area contributed by atoms with Gasteiger partial charge in [0.25, 0.3) is 5.91 Å². The van der Waals surface area contributed by atoms with E-state index in [9.17, 15) is 18.0 Å². The maximum absolute atomic E-state index is 12.7. The topological polar surface area (TPSA) is 90.9 Å². The van der Waals surface area contributed by atoms with Crippen LogP contribution in [0.1, 0.15) is 54.7 Å². The molecule has 21 heavy (non-hydrogen) atoms. The predicted octanol–water partition coefficient (Wildman–Crippen LogP) is 1.64. The largest absolute Gasteiger partial charge is 0.437 e. The average molecular weight is 306 g/mol. The van der Waals surface area contributed by atoms with Gasteiger partial charge in [-0.2, -0.15) is 28.6 Å². The van der Waals surface area contributed by atoms with Crippen molar-refractivity contribution in [2.45, 2.75) is 50.2 Å². The fourth-order valence-electron chi connectivity index (χ4n) is 2.77. The Morgan fingerprint density at radius 2 is 1.95 bits per heavy atom. The number of alkyl halides is 3. The van der Waals surface area contributed by atoms with Gasteiger partial charge in [0.1, 0.15) is 0 Å². The minimum Gasteiger partial charge on any atom is -0.396 e. The van der Waals surface area contributed by atoms with Gasteiger partial charge in [-0.05, 0) is 19.3 Å². The quantitative estimate of drug-likeness (QED) is 0.788. The molecule has 0 bridgehead atoms. The van der Waals surface area contributed by atoms with Gasteiger partial charge in [0.15, 0.2) is 11.4 Å². The van der Waals surface area contributed by atoms with E-state index >= 15 is 0 Å². The molecule has 6 nitrogen and oxygen atoms in total. The molecule has 0 spiro atoms. The van der Waals surface area contributed by atoms with Crippen LogP contribution in [0.2, 0.25) is 0 Å². The first-order valence-electron chi connectivity index (χ1n) is 6.79. The van der Waals surface area contributed by atoms with E-state index in [-0.39, 0.29) is 6.61 Å². The summed E-state index contributed by atoms with van der Waals surface area (Å²) in [7, 11) is 0. The maximum Gasteiger partial charge on any atom is 0.437 e. The Bertz CT molecular complexity index is 489. The molecule has 0 aliphatic heterocycles. The van der Waals surface area contributed by atoms with Crippen LogP contribution in [0.5, 0.6) is 0 Å². The molecular formula is C12H17F3N4O2. The van der Waals surface area contributed by atoms with Crippen molar-refractivity contribution >= 4 is 5.91 Å². The summed E-state index contributed by atoms with van der Waals surface area (Å²) in [4.78, 5) is 12.1. The monoisotopic (exact) mass is 306 g/mol. The van der Waals surface area contributed by atoms with Gasteiger partial charge in [0, 0.05) is 12.1 Å². The fourth-order valence-corrected chi connectivity index (χ4v) is 2.77. The van der Waals surface area contributed by atoms with Crippen molar-refractivity contribution in [1.82, 2.24) is 20.7 Å². The van der Waals surface area contributed by atoms with Gasteiger partial charge in [-0.25, -0.2) is 0 Å². The highest BCUT2D eigenvalue weighted by Crippen LogP contribution is 2.33. The number of halogens is 3. The zero-order valence-electron chi connectivity index (χ0n) is 11.3. The Balaban J connectivity index is 2.18. The van der Waals surface area contributed by atoms with Crippen molar-refractivity contribution in [3.63, 3.8) is 0 Å². The standard InChI is InChI=1S/C12H17F3N4O2/c13-12(14,15)9-8(17-19-18-9)10(21)16-11(6-7-20)4-2-1-3-5-11/h20H,1-7H2,(H,16,21)(H,17,18,19). The van der Waals surface area contributed by atoms with E-state index in [0.717, 1.165) is 19.3 Å². The van der Waals surface area contributed by atoms with Gasteiger partial charge < -0.3 is 10.4 Å². The molecule has 1 fully saturated rings. The minimum absolute atomic E-state index is 0.134. The second-order valence-corrected chi connectivity index (χ2v) is 5.29. The molecule has 1 heterocycles. The Morgan fingerprint density at radius 3 is 2.52 bits per heavy atom. The lowest BCUT2D eigenvalue weighted by Crippen LogP contribution is -2.50. The molecule has 0 atom stereocenters. The summed E-state index contributed by atoms with van der Waals surface area (Å²) in [6.07, 6.45) is -0.400. The molecule has 1 aromatic rings. The minimum atomic E-state index is -4.74. The van der Waals surface area contributed by atoms with Gasteiger partial charge in [0.05, 0.1) is 0 Å². The molecule has 1 saturated carbocycles. The molecule has 2 rings (SSSR count). The molecule has 9 heteroatoms.